The molecule has 0 radical (unpaired) electrons. The van der Waals surface area contributed by atoms with E-state index < -0.39 is 10.0 Å². The van der Waals surface area contributed by atoms with Gasteiger partial charge in [0.2, 0.25) is 0 Å². The molecule has 2 aromatic heterocycles. The molecule has 0 amide bonds. The van der Waals surface area contributed by atoms with Crippen molar-refractivity contribution in [2.45, 2.75) is 24.2 Å². The predicted molar refractivity (Wildman–Crippen MR) is 103 cm³/mol. The van der Waals surface area contributed by atoms with E-state index in [0.717, 1.165) is 30.6 Å². The van der Waals surface area contributed by atoms with E-state index in [9.17, 15) is 13.2 Å². The van der Waals surface area contributed by atoms with E-state index >= 15 is 0 Å². The zero-order valence-corrected chi connectivity index (χ0v) is 15.7. The van der Waals surface area contributed by atoms with Crippen LogP contribution in [-0.2, 0) is 21.2 Å². The molecule has 140 valence electrons. The molecule has 1 saturated heterocycles. The standard InChI is InChI=1S/C20H21N3O3S/c24-17-9-13-22(14-10-17)12-8-16-15-23(20-19(16)7-4-11-21-20)27(25,26)18-5-2-1-3-6-18/h1-7,11,15H,8-10,12-14H2. The van der Waals surface area contributed by atoms with Crippen molar-refractivity contribution in [1.82, 2.24) is 13.9 Å². The summed E-state index contributed by atoms with van der Waals surface area (Å²) in [7, 11) is -3.70. The fourth-order valence-electron chi connectivity index (χ4n) is 3.49. The molecule has 3 aromatic rings. The summed E-state index contributed by atoms with van der Waals surface area (Å²) in [4.78, 5) is 18.2. The van der Waals surface area contributed by atoms with E-state index in [0.29, 0.717) is 30.7 Å². The third kappa shape index (κ3) is 3.52. The van der Waals surface area contributed by atoms with E-state index in [1.165, 1.54) is 3.97 Å². The first-order valence-corrected chi connectivity index (χ1v) is 10.5. The summed E-state index contributed by atoms with van der Waals surface area (Å²) >= 11 is 0. The second kappa shape index (κ2) is 7.25. The molecule has 27 heavy (non-hydrogen) atoms. The van der Waals surface area contributed by atoms with Crippen molar-refractivity contribution in [3.8, 4) is 0 Å². The van der Waals surface area contributed by atoms with Crippen LogP contribution >= 0.6 is 0 Å². The van der Waals surface area contributed by atoms with Gasteiger partial charge in [-0.2, -0.15) is 0 Å². The van der Waals surface area contributed by atoms with Crippen molar-refractivity contribution < 1.29 is 13.2 Å². The van der Waals surface area contributed by atoms with Crippen LogP contribution in [0.25, 0.3) is 11.0 Å². The molecule has 0 atom stereocenters. The number of piperidine rings is 1. The van der Waals surface area contributed by atoms with Crippen molar-refractivity contribution in [2.24, 2.45) is 0 Å². The average molecular weight is 383 g/mol. The number of carbonyl (C=O) groups is 1. The van der Waals surface area contributed by atoms with Crippen molar-refractivity contribution in [1.29, 1.82) is 0 Å². The number of rotatable bonds is 5. The molecule has 1 fully saturated rings. The maximum atomic E-state index is 13.1. The quantitative estimate of drug-likeness (QED) is 0.677. The summed E-state index contributed by atoms with van der Waals surface area (Å²) in [5.41, 5.74) is 1.40. The number of aromatic nitrogens is 2. The van der Waals surface area contributed by atoms with Gasteiger partial charge in [-0.25, -0.2) is 17.4 Å². The summed E-state index contributed by atoms with van der Waals surface area (Å²) in [6.07, 6.45) is 5.22. The van der Waals surface area contributed by atoms with Gasteiger partial charge < -0.3 is 4.90 Å². The smallest absolute Gasteiger partial charge is 0.269 e. The maximum Gasteiger partial charge on any atom is 0.269 e. The number of pyridine rings is 1. The second-order valence-corrected chi connectivity index (χ2v) is 8.59. The number of benzene rings is 1. The van der Waals surface area contributed by atoms with Gasteiger partial charge in [0.25, 0.3) is 10.0 Å². The van der Waals surface area contributed by atoms with Gasteiger partial charge in [0.05, 0.1) is 4.90 Å². The van der Waals surface area contributed by atoms with Crippen LogP contribution in [0.15, 0.2) is 59.8 Å². The van der Waals surface area contributed by atoms with E-state index in [1.54, 1.807) is 42.7 Å². The third-order valence-corrected chi connectivity index (χ3v) is 6.69. The molecule has 1 aliphatic rings. The Morgan fingerprint density at radius 1 is 1.00 bits per heavy atom. The molecular formula is C20H21N3O3S. The minimum Gasteiger partial charge on any atom is -0.302 e. The highest BCUT2D eigenvalue weighted by molar-refractivity contribution is 7.90. The summed E-state index contributed by atoms with van der Waals surface area (Å²) in [5.74, 6) is 0.320. The predicted octanol–water partition coefficient (Wildman–Crippen LogP) is 2.48. The second-order valence-electron chi connectivity index (χ2n) is 6.77. The molecule has 0 saturated carbocycles. The number of likely N-dealkylation sites (tertiary alicyclic amines) is 1. The minimum absolute atomic E-state index is 0.244. The number of fused-ring (bicyclic) bond motifs is 1. The van der Waals surface area contributed by atoms with Crippen LogP contribution in [0.4, 0.5) is 0 Å². The number of carbonyl (C=O) groups excluding carboxylic acids is 1. The molecule has 0 unspecified atom stereocenters. The van der Waals surface area contributed by atoms with Gasteiger partial charge in [-0.3, -0.25) is 4.79 Å². The molecule has 0 aliphatic carbocycles. The Balaban J connectivity index is 1.66. The van der Waals surface area contributed by atoms with Crippen molar-refractivity contribution in [3.05, 3.63) is 60.4 Å². The zero-order valence-electron chi connectivity index (χ0n) is 14.9. The molecular weight excluding hydrogens is 362 g/mol. The van der Waals surface area contributed by atoms with Gasteiger partial charge >= 0.3 is 0 Å². The number of Topliss-reactive ketones (excluding diaryl/α,β-unsaturated/α-hetero) is 1. The SMILES string of the molecule is O=C1CCN(CCc2cn(S(=O)(=O)c3ccccc3)c3ncccc23)CC1. The number of hydrogen-bond donors (Lipinski definition) is 0. The number of nitrogens with zero attached hydrogens (tertiary/aromatic N) is 3. The van der Waals surface area contributed by atoms with Crippen LogP contribution in [-0.4, -0.2) is 47.7 Å². The molecule has 0 bridgehead atoms. The summed E-state index contributed by atoms with van der Waals surface area (Å²) in [5, 5.41) is 0.852. The van der Waals surface area contributed by atoms with Gasteiger partial charge in [-0.05, 0) is 36.2 Å². The van der Waals surface area contributed by atoms with E-state index in [2.05, 4.69) is 9.88 Å². The van der Waals surface area contributed by atoms with Gasteiger partial charge in [0.1, 0.15) is 5.78 Å². The first kappa shape index (κ1) is 17.9. The highest BCUT2D eigenvalue weighted by Crippen LogP contribution is 2.25. The number of ketones is 1. The molecule has 6 nitrogen and oxygen atoms in total. The van der Waals surface area contributed by atoms with Gasteiger partial charge in [0, 0.05) is 50.3 Å². The van der Waals surface area contributed by atoms with Crippen LogP contribution < -0.4 is 0 Å². The van der Waals surface area contributed by atoms with Crippen LogP contribution in [0.3, 0.4) is 0 Å². The third-order valence-electron chi connectivity index (χ3n) is 5.03. The van der Waals surface area contributed by atoms with Crippen LogP contribution in [0.1, 0.15) is 18.4 Å². The van der Waals surface area contributed by atoms with Gasteiger partial charge in [-0.15, -0.1) is 0 Å². The fourth-order valence-corrected chi connectivity index (χ4v) is 4.86. The lowest BCUT2D eigenvalue weighted by molar-refractivity contribution is -0.121. The Bertz CT molecular complexity index is 1060. The molecule has 1 aliphatic heterocycles. The fraction of sp³-hybridized carbons (Fsp3) is 0.300. The van der Waals surface area contributed by atoms with Gasteiger partial charge in [0.15, 0.2) is 5.65 Å². The Morgan fingerprint density at radius 2 is 1.74 bits per heavy atom. The maximum absolute atomic E-state index is 13.1. The molecule has 7 heteroatoms. The van der Waals surface area contributed by atoms with E-state index in [4.69, 9.17) is 0 Å². The highest BCUT2D eigenvalue weighted by atomic mass is 32.2. The molecule has 3 heterocycles. The van der Waals surface area contributed by atoms with E-state index in [-0.39, 0.29) is 4.90 Å². The lowest BCUT2D eigenvalue weighted by atomic mass is 10.1. The van der Waals surface area contributed by atoms with Crippen molar-refractivity contribution in [2.75, 3.05) is 19.6 Å². The lowest BCUT2D eigenvalue weighted by Gasteiger charge is -2.25. The molecule has 4 rings (SSSR count). The normalized spacial score (nSPS) is 16.1. The first-order chi connectivity index (χ1) is 13.1. The number of hydrogen-bond acceptors (Lipinski definition) is 5. The van der Waals surface area contributed by atoms with Crippen molar-refractivity contribution >= 4 is 26.8 Å². The Kier molecular flexibility index (Phi) is 4.80. The topological polar surface area (TPSA) is 72.3 Å². The van der Waals surface area contributed by atoms with Crippen LogP contribution in [0, 0.1) is 0 Å². The first-order valence-electron chi connectivity index (χ1n) is 9.05. The Hall–Kier alpha value is -2.51. The largest absolute Gasteiger partial charge is 0.302 e. The summed E-state index contributed by atoms with van der Waals surface area (Å²) in [6, 6.07) is 12.1. The molecule has 1 aromatic carbocycles. The average Bonchev–Trinajstić information content (AvgIpc) is 3.08. The highest BCUT2D eigenvalue weighted by Gasteiger charge is 2.22. The van der Waals surface area contributed by atoms with E-state index in [1.807, 2.05) is 12.1 Å². The molecule has 0 spiro atoms. The van der Waals surface area contributed by atoms with Gasteiger partial charge in [-0.1, -0.05) is 18.2 Å². The van der Waals surface area contributed by atoms with Crippen LogP contribution in [0.5, 0.6) is 0 Å². The summed E-state index contributed by atoms with van der Waals surface area (Å²) in [6.45, 7) is 2.35. The minimum atomic E-state index is -3.70. The lowest BCUT2D eigenvalue weighted by Crippen LogP contribution is -2.35. The Morgan fingerprint density at radius 3 is 2.48 bits per heavy atom. The zero-order chi connectivity index (χ0) is 18.9. The van der Waals surface area contributed by atoms with Crippen molar-refractivity contribution in [3.63, 3.8) is 0 Å². The summed E-state index contributed by atoms with van der Waals surface area (Å²) < 4.78 is 27.4. The monoisotopic (exact) mass is 383 g/mol. The Labute approximate surface area is 158 Å². The molecule has 0 N–H and O–H groups in total. The van der Waals surface area contributed by atoms with Crippen LogP contribution in [0.2, 0.25) is 0 Å².